The minimum absolute atomic E-state index is 0.248. The normalized spacial score (nSPS) is 26.2. The van der Waals surface area contributed by atoms with Gasteiger partial charge >= 0.3 is 0 Å². The summed E-state index contributed by atoms with van der Waals surface area (Å²) in [5, 5.41) is 10.1. The molecular formula is C18H15NO3S. The average molecular weight is 325 g/mol. The number of aryl methyl sites for hydroxylation is 1. The van der Waals surface area contributed by atoms with Gasteiger partial charge in [0.1, 0.15) is 5.25 Å². The van der Waals surface area contributed by atoms with Gasteiger partial charge in [0.05, 0.1) is 17.7 Å². The summed E-state index contributed by atoms with van der Waals surface area (Å²) in [6.45, 7) is 1.97. The zero-order valence-corrected chi connectivity index (χ0v) is 13.3. The van der Waals surface area contributed by atoms with Crippen molar-refractivity contribution in [3.63, 3.8) is 0 Å². The molecule has 0 bridgehead atoms. The number of hydrogen-bond acceptors (Lipinski definition) is 4. The van der Waals surface area contributed by atoms with Gasteiger partial charge in [0.25, 0.3) is 0 Å². The first-order valence-corrected chi connectivity index (χ1v) is 8.34. The Hall–Kier alpha value is -2.11. The minimum Gasteiger partial charge on any atom is -0.387 e. The molecule has 3 atom stereocenters. The molecule has 1 saturated heterocycles. The third-order valence-electron chi connectivity index (χ3n) is 4.39. The van der Waals surface area contributed by atoms with Crippen LogP contribution < -0.4 is 4.90 Å². The number of carbonyl (C=O) groups is 2. The molecule has 2 aliphatic heterocycles. The van der Waals surface area contributed by atoms with Crippen molar-refractivity contribution in [1.29, 1.82) is 0 Å². The number of fused-ring (bicyclic) bond motifs is 2. The van der Waals surface area contributed by atoms with Gasteiger partial charge in [-0.2, -0.15) is 0 Å². The molecule has 2 aliphatic rings. The largest absolute Gasteiger partial charge is 0.387 e. The third-order valence-corrected chi connectivity index (χ3v) is 5.75. The SMILES string of the molecule is Cc1ccc2c(c1)S[C@@H]1C(=O)N(c3ccccc3)C(=O)[C@@H]1[C@H]2O. The summed E-state index contributed by atoms with van der Waals surface area (Å²) in [4.78, 5) is 27.6. The number of nitrogens with zero attached hydrogens (tertiary/aromatic N) is 1. The molecule has 0 aliphatic carbocycles. The lowest BCUT2D eigenvalue weighted by Gasteiger charge is -2.28. The summed E-state index contributed by atoms with van der Waals surface area (Å²) in [5.41, 5.74) is 2.36. The molecule has 4 rings (SSSR count). The van der Waals surface area contributed by atoms with E-state index >= 15 is 0 Å². The van der Waals surface area contributed by atoms with Gasteiger partial charge in [-0.1, -0.05) is 30.3 Å². The van der Waals surface area contributed by atoms with Crippen LogP contribution in [0.15, 0.2) is 53.4 Å². The number of aliphatic hydroxyl groups excluding tert-OH is 1. The van der Waals surface area contributed by atoms with Crippen molar-refractivity contribution in [2.24, 2.45) is 5.92 Å². The monoisotopic (exact) mass is 325 g/mol. The number of benzene rings is 2. The summed E-state index contributed by atoms with van der Waals surface area (Å²) >= 11 is 1.38. The Morgan fingerprint density at radius 3 is 2.52 bits per heavy atom. The Labute approximate surface area is 138 Å². The molecule has 0 spiro atoms. The molecule has 2 aromatic rings. The Kier molecular flexibility index (Phi) is 3.28. The van der Waals surface area contributed by atoms with Gasteiger partial charge < -0.3 is 5.11 Å². The lowest BCUT2D eigenvalue weighted by atomic mass is 9.92. The molecule has 23 heavy (non-hydrogen) atoms. The summed E-state index contributed by atoms with van der Waals surface area (Å²) in [6.07, 6.45) is -0.943. The van der Waals surface area contributed by atoms with E-state index in [0.717, 1.165) is 16.0 Å². The molecule has 2 amide bonds. The third kappa shape index (κ3) is 2.11. The summed E-state index contributed by atoms with van der Waals surface area (Å²) < 4.78 is 0. The predicted molar refractivity (Wildman–Crippen MR) is 88.2 cm³/mol. The highest BCUT2D eigenvalue weighted by atomic mass is 32.2. The van der Waals surface area contributed by atoms with E-state index in [1.54, 1.807) is 24.3 Å². The van der Waals surface area contributed by atoms with Crippen molar-refractivity contribution in [2.75, 3.05) is 4.90 Å². The number of carbonyl (C=O) groups excluding carboxylic acids is 2. The van der Waals surface area contributed by atoms with Crippen molar-refractivity contribution >= 4 is 29.3 Å². The van der Waals surface area contributed by atoms with Crippen LogP contribution in [0.5, 0.6) is 0 Å². The molecule has 2 aromatic carbocycles. The van der Waals surface area contributed by atoms with Gasteiger partial charge in [0.15, 0.2) is 0 Å². The van der Waals surface area contributed by atoms with E-state index < -0.39 is 17.3 Å². The van der Waals surface area contributed by atoms with Crippen LogP contribution in [0.25, 0.3) is 0 Å². The number of anilines is 1. The topological polar surface area (TPSA) is 57.6 Å². The van der Waals surface area contributed by atoms with Gasteiger partial charge in [-0.25, -0.2) is 4.90 Å². The fourth-order valence-electron chi connectivity index (χ4n) is 3.24. The fraction of sp³-hybridized carbons (Fsp3) is 0.222. The number of para-hydroxylation sites is 1. The van der Waals surface area contributed by atoms with E-state index in [9.17, 15) is 14.7 Å². The second-order valence-electron chi connectivity index (χ2n) is 5.90. The quantitative estimate of drug-likeness (QED) is 0.819. The second kappa shape index (κ2) is 5.22. The number of aliphatic hydroxyl groups is 1. The van der Waals surface area contributed by atoms with Crippen LogP contribution >= 0.6 is 11.8 Å². The van der Waals surface area contributed by atoms with Crippen LogP contribution in [-0.2, 0) is 9.59 Å². The first kappa shape index (κ1) is 14.5. The standard InChI is InChI=1S/C18H15NO3S/c1-10-7-8-12-13(9-10)23-16-14(15(12)20)17(21)19(18(16)22)11-5-3-2-4-6-11/h2-9,14-16,20H,1H3/t14-,15+,16+/m1/s1. The number of hydrogen-bond donors (Lipinski definition) is 1. The van der Waals surface area contributed by atoms with Crippen molar-refractivity contribution in [3.8, 4) is 0 Å². The van der Waals surface area contributed by atoms with E-state index in [-0.39, 0.29) is 11.8 Å². The Morgan fingerprint density at radius 1 is 1.04 bits per heavy atom. The molecule has 4 nitrogen and oxygen atoms in total. The maximum atomic E-state index is 12.8. The van der Waals surface area contributed by atoms with Crippen LogP contribution in [0.3, 0.4) is 0 Å². The van der Waals surface area contributed by atoms with E-state index in [1.807, 2.05) is 31.2 Å². The number of rotatable bonds is 1. The van der Waals surface area contributed by atoms with Crippen LogP contribution in [-0.4, -0.2) is 22.2 Å². The van der Waals surface area contributed by atoms with Gasteiger partial charge in [-0.3, -0.25) is 9.59 Å². The van der Waals surface area contributed by atoms with E-state index in [1.165, 1.54) is 16.7 Å². The molecule has 1 N–H and O–H groups in total. The molecule has 0 unspecified atom stereocenters. The molecule has 5 heteroatoms. The highest BCUT2D eigenvalue weighted by Gasteiger charge is 2.54. The Bertz CT molecular complexity index is 805. The summed E-state index contributed by atoms with van der Waals surface area (Å²) in [6, 6.07) is 14.6. The Balaban J connectivity index is 1.77. The van der Waals surface area contributed by atoms with Gasteiger partial charge in [-0.15, -0.1) is 11.8 Å². The Morgan fingerprint density at radius 2 is 1.78 bits per heavy atom. The molecule has 0 aromatic heterocycles. The maximum absolute atomic E-state index is 12.8. The van der Waals surface area contributed by atoms with Crippen LogP contribution in [0, 0.1) is 12.8 Å². The highest BCUT2D eigenvalue weighted by Crippen LogP contribution is 2.49. The zero-order chi connectivity index (χ0) is 16.1. The highest BCUT2D eigenvalue weighted by molar-refractivity contribution is 8.00. The molecule has 0 radical (unpaired) electrons. The second-order valence-corrected chi connectivity index (χ2v) is 7.08. The average Bonchev–Trinajstić information content (AvgIpc) is 2.79. The maximum Gasteiger partial charge on any atom is 0.248 e. The summed E-state index contributed by atoms with van der Waals surface area (Å²) in [7, 11) is 0. The predicted octanol–water partition coefficient (Wildman–Crippen LogP) is 2.69. The molecular weight excluding hydrogens is 310 g/mol. The zero-order valence-electron chi connectivity index (χ0n) is 12.5. The molecule has 2 heterocycles. The lowest BCUT2D eigenvalue weighted by Crippen LogP contribution is -2.32. The summed E-state index contributed by atoms with van der Waals surface area (Å²) in [5.74, 6) is -1.29. The van der Waals surface area contributed by atoms with Crippen molar-refractivity contribution in [2.45, 2.75) is 23.2 Å². The molecule has 0 saturated carbocycles. The lowest BCUT2D eigenvalue weighted by molar-refractivity contribution is -0.124. The van der Waals surface area contributed by atoms with Crippen molar-refractivity contribution < 1.29 is 14.7 Å². The van der Waals surface area contributed by atoms with E-state index in [2.05, 4.69) is 0 Å². The first-order valence-electron chi connectivity index (χ1n) is 7.46. The van der Waals surface area contributed by atoms with Crippen molar-refractivity contribution in [1.82, 2.24) is 0 Å². The van der Waals surface area contributed by atoms with Crippen LogP contribution in [0.4, 0.5) is 5.69 Å². The van der Waals surface area contributed by atoms with E-state index in [4.69, 9.17) is 0 Å². The van der Waals surface area contributed by atoms with Gasteiger partial charge in [0, 0.05) is 4.90 Å². The number of amides is 2. The number of imide groups is 1. The van der Waals surface area contributed by atoms with Gasteiger partial charge in [-0.05, 0) is 36.2 Å². The van der Waals surface area contributed by atoms with Gasteiger partial charge in [0.2, 0.25) is 11.8 Å². The molecule has 1 fully saturated rings. The number of thioether (sulfide) groups is 1. The fourth-order valence-corrected chi connectivity index (χ4v) is 4.71. The van der Waals surface area contributed by atoms with E-state index in [0.29, 0.717) is 5.69 Å². The van der Waals surface area contributed by atoms with Crippen LogP contribution in [0.2, 0.25) is 0 Å². The van der Waals surface area contributed by atoms with Crippen molar-refractivity contribution in [3.05, 3.63) is 59.7 Å². The first-order chi connectivity index (χ1) is 11.1. The van der Waals surface area contributed by atoms with Crippen LogP contribution in [0.1, 0.15) is 17.2 Å². The smallest absolute Gasteiger partial charge is 0.248 e. The minimum atomic E-state index is -0.943. The molecule has 116 valence electrons.